The van der Waals surface area contributed by atoms with Crippen molar-refractivity contribution in [1.82, 2.24) is 10.2 Å². The molecule has 2 aromatic carbocycles. The molecule has 0 radical (unpaired) electrons. The molecule has 0 bridgehead atoms. The molecule has 0 aromatic heterocycles. The number of hydrogen-bond donors (Lipinski definition) is 1. The van der Waals surface area contributed by atoms with E-state index in [1.165, 1.54) is 0 Å². The molecule has 2 fully saturated rings. The Hall–Kier alpha value is -2.25. The van der Waals surface area contributed by atoms with E-state index in [1.807, 2.05) is 60.7 Å². The van der Waals surface area contributed by atoms with Crippen molar-refractivity contribution < 1.29 is 19.0 Å². The zero-order chi connectivity index (χ0) is 21.3. The molecule has 166 valence electrons. The third-order valence-corrected chi connectivity index (χ3v) is 6.12. The predicted molar refractivity (Wildman–Crippen MR) is 119 cm³/mol. The molecule has 2 aliphatic heterocycles. The molecule has 2 heterocycles. The maximum atomic E-state index is 12.7. The summed E-state index contributed by atoms with van der Waals surface area (Å²) in [4.78, 5) is 15.1. The van der Waals surface area contributed by atoms with Crippen molar-refractivity contribution in [3.8, 4) is 0 Å². The van der Waals surface area contributed by atoms with Crippen molar-refractivity contribution in [1.29, 1.82) is 0 Å². The van der Waals surface area contributed by atoms with Crippen LogP contribution >= 0.6 is 0 Å². The van der Waals surface area contributed by atoms with Crippen LogP contribution in [0.4, 0.5) is 0 Å². The van der Waals surface area contributed by atoms with Gasteiger partial charge in [-0.05, 0) is 17.5 Å². The lowest BCUT2D eigenvalue weighted by atomic mass is 9.97. The lowest BCUT2D eigenvalue weighted by molar-refractivity contribution is -0.127. The summed E-state index contributed by atoms with van der Waals surface area (Å²) in [5, 5.41) is 3.11. The summed E-state index contributed by atoms with van der Waals surface area (Å²) in [6.45, 7) is 5.49. The van der Waals surface area contributed by atoms with Crippen LogP contribution in [0, 0.1) is 5.92 Å². The van der Waals surface area contributed by atoms with Crippen LogP contribution in [0.3, 0.4) is 0 Å². The number of morpholine rings is 1. The molecule has 1 amide bonds. The molecule has 2 aliphatic rings. The van der Waals surface area contributed by atoms with Gasteiger partial charge in [-0.1, -0.05) is 60.7 Å². The molecule has 2 atom stereocenters. The van der Waals surface area contributed by atoms with Crippen molar-refractivity contribution in [2.45, 2.75) is 18.6 Å². The second-order valence-corrected chi connectivity index (χ2v) is 8.16. The number of hydrogen-bond acceptors (Lipinski definition) is 5. The van der Waals surface area contributed by atoms with Gasteiger partial charge in [0.15, 0.2) is 0 Å². The number of carbonyl (C=O) groups excluding carboxylic acids is 1. The van der Waals surface area contributed by atoms with E-state index in [9.17, 15) is 4.79 Å². The molecule has 31 heavy (non-hydrogen) atoms. The van der Waals surface area contributed by atoms with Gasteiger partial charge in [0.1, 0.15) is 12.7 Å². The molecule has 4 rings (SSSR count). The molecule has 2 aromatic rings. The van der Waals surface area contributed by atoms with Crippen molar-refractivity contribution in [3.05, 3.63) is 71.8 Å². The average Bonchev–Trinajstić information content (AvgIpc) is 3.36. The SMILES string of the molecule is O=C(COC(c1ccccc1)c1ccccc1)NCC(C1CCOC1)N1CCOCC1. The highest BCUT2D eigenvalue weighted by Crippen LogP contribution is 2.26. The molecule has 6 nitrogen and oxygen atoms in total. The standard InChI is InChI=1S/C25H32N2O4/c28-24(26-17-23(22-11-14-30-18-22)27-12-15-29-16-13-27)19-31-25(20-7-3-1-4-8-20)21-9-5-2-6-10-21/h1-10,22-23,25H,11-19H2,(H,26,28). The first kappa shape index (κ1) is 22.0. The van der Waals surface area contributed by atoms with Crippen LogP contribution in [0.1, 0.15) is 23.7 Å². The quantitative estimate of drug-likeness (QED) is 0.671. The minimum Gasteiger partial charge on any atom is -0.381 e. The molecular formula is C25H32N2O4. The molecule has 0 spiro atoms. The summed E-state index contributed by atoms with van der Waals surface area (Å²) in [5.41, 5.74) is 2.08. The van der Waals surface area contributed by atoms with Gasteiger partial charge < -0.3 is 19.5 Å². The molecule has 0 aliphatic carbocycles. The second kappa shape index (κ2) is 11.4. The number of amides is 1. The molecule has 2 saturated heterocycles. The Balaban J connectivity index is 1.35. The lowest BCUT2D eigenvalue weighted by Gasteiger charge is -2.37. The molecule has 2 unspecified atom stereocenters. The van der Waals surface area contributed by atoms with Crippen LogP contribution in [0.15, 0.2) is 60.7 Å². The van der Waals surface area contributed by atoms with E-state index in [2.05, 4.69) is 10.2 Å². The smallest absolute Gasteiger partial charge is 0.246 e. The van der Waals surface area contributed by atoms with E-state index in [0.29, 0.717) is 12.5 Å². The topological polar surface area (TPSA) is 60.0 Å². The fourth-order valence-electron chi connectivity index (χ4n) is 4.43. The Morgan fingerprint density at radius 2 is 1.61 bits per heavy atom. The second-order valence-electron chi connectivity index (χ2n) is 8.16. The summed E-state index contributed by atoms with van der Waals surface area (Å²) in [5.74, 6) is 0.356. The minimum atomic E-state index is -0.272. The van der Waals surface area contributed by atoms with Gasteiger partial charge in [-0.25, -0.2) is 0 Å². The van der Waals surface area contributed by atoms with Gasteiger partial charge in [-0.3, -0.25) is 9.69 Å². The fraction of sp³-hybridized carbons (Fsp3) is 0.480. The highest BCUT2D eigenvalue weighted by Gasteiger charge is 2.31. The molecule has 0 saturated carbocycles. The normalized spacial score (nSPS) is 20.6. The number of nitrogens with one attached hydrogen (secondary N) is 1. The van der Waals surface area contributed by atoms with E-state index < -0.39 is 0 Å². The number of rotatable bonds is 9. The third kappa shape index (κ3) is 6.14. The van der Waals surface area contributed by atoms with Crippen molar-refractivity contribution in [2.24, 2.45) is 5.92 Å². The van der Waals surface area contributed by atoms with Gasteiger partial charge in [0.05, 0.1) is 19.8 Å². The Kier molecular flexibility index (Phi) is 8.07. The monoisotopic (exact) mass is 424 g/mol. The minimum absolute atomic E-state index is 0.0193. The summed E-state index contributed by atoms with van der Waals surface area (Å²) >= 11 is 0. The molecule has 6 heteroatoms. The Morgan fingerprint density at radius 3 is 2.19 bits per heavy atom. The number of benzene rings is 2. The maximum Gasteiger partial charge on any atom is 0.246 e. The summed E-state index contributed by atoms with van der Waals surface area (Å²) in [6.07, 6.45) is 0.768. The van der Waals surface area contributed by atoms with E-state index in [0.717, 1.165) is 57.1 Å². The van der Waals surface area contributed by atoms with Gasteiger partial charge >= 0.3 is 0 Å². The van der Waals surface area contributed by atoms with Crippen LogP contribution in [-0.2, 0) is 19.0 Å². The van der Waals surface area contributed by atoms with Crippen molar-refractivity contribution in [3.63, 3.8) is 0 Å². The number of nitrogens with zero attached hydrogens (tertiary/aromatic N) is 1. The third-order valence-electron chi connectivity index (χ3n) is 6.12. The highest BCUT2D eigenvalue weighted by molar-refractivity contribution is 5.77. The zero-order valence-electron chi connectivity index (χ0n) is 17.9. The van der Waals surface area contributed by atoms with Gasteiger partial charge in [0, 0.05) is 38.2 Å². The first-order chi connectivity index (χ1) is 15.3. The lowest BCUT2D eigenvalue weighted by Crippen LogP contribution is -2.52. The molecule has 1 N–H and O–H groups in total. The number of carbonyl (C=O) groups is 1. The van der Waals surface area contributed by atoms with Gasteiger partial charge in [0.2, 0.25) is 5.91 Å². The van der Waals surface area contributed by atoms with Gasteiger partial charge in [-0.2, -0.15) is 0 Å². The average molecular weight is 425 g/mol. The predicted octanol–water partition coefficient (Wildman–Crippen LogP) is 2.65. The zero-order valence-corrected chi connectivity index (χ0v) is 17.9. The molecular weight excluding hydrogens is 392 g/mol. The van der Waals surface area contributed by atoms with E-state index in [4.69, 9.17) is 14.2 Å². The Morgan fingerprint density at radius 1 is 0.968 bits per heavy atom. The van der Waals surface area contributed by atoms with Gasteiger partial charge in [0.25, 0.3) is 0 Å². The van der Waals surface area contributed by atoms with Crippen LogP contribution < -0.4 is 5.32 Å². The summed E-state index contributed by atoms with van der Waals surface area (Å²) in [6, 6.07) is 20.3. The Labute approximate surface area is 184 Å². The van der Waals surface area contributed by atoms with E-state index >= 15 is 0 Å². The van der Waals surface area contributed by atoms with Crippen LogP contribution in [-0.4, -0.2) is 69.5 Å². The van der Waals surface area contributed by atoms with Crippen molar-refractivity contribution >= 4 is 5.91 Å². The first-order valence-corrected chi connectivity index (χ1v) is 11.2. The Bertz CT molecular complexity index is 750. The summed E-state index contributed by atoms with van der Waals surface area (Å²) in [7, 11) is 0. The highest BCUT2D eigenvalue weighted by atomic mass is 16.5. The maximum absolute atomic E-state index is 12.7. The van der Waals surface area contributed by atoms with Gasteiger partial charge in [-0.15, -0.1) is 0 Å². The van der Waals surface area contributed by atoms with E-state index in [1.54, 1.807) is 0 Å². The fourth-order valence-corrected chi connectivity index (χ4v) is 4.43. The van der Waals surface area contributed by atoms with Crippen LogP contribution in [0.2, 0.25) is 0 Å². The van der Waals surface area contributed by atoms with Crippen LogP contribution in [0.5, 0.6) is 0 Å². The largest absolute Gasteiger partial charge is 0.381 e. The van der Waals surface area contributed by atoms with E-state index in [-0.39, 0.29) is 24.7 Å². The first-order valence-electron chi connectivity index (χ1n) is 11.2. The van der Waals surface area contributed by atoms with Crippen molar-refractivity contribution in [2.75, 3.05) is 52.7 Å². The number of ether oxygens (including phenoxy) is 3. The summed E-state index contributed by atoms with van der Waals surface area (Å²) < 4.78 is 17.2. The van der Waals surface area contributed by atoms with Crippen LogP contribution in [0.25, 0.3) is 0 Å².